The molecular weight excluding hydrogens is 312 g/mol. The lowest BCUT2D eigenvalue weighted by Gasteiger charge is -2.05. The molecule has 0 radical (unpaired) electrons. The Labute approximate surface area is 135 Å². The number of hydrogen-bond acceptors (Lipinski definition) is 8. The first-order valence-corrected chi connectivity index (χ1v) is 6.39. The van der Waals surface area contributed by atoms with Crippen molar-refractivity contribution in [3.63, 3.8) is 0 Å². The van der Waals surface area contributed by atoms with E-state index in [1.165, 1.54) is 0 Å². The molecule has 2 aromatic rings. The van der Waals surface area contributed by atoms with Gasteiger partial charge >= 0.3 is 5.97 Å². The van der Waals surface area contributed by atoms with Gasteiger partial charge in [0.25, 0.3) is 0 Å². The van der Waals surface area contributed by atoms with Gasteiger partial charge in [-0.25, -0.2) is 0 Å². The topological polar surface area (TPSA) is 164 Å². The number of allylic oxidation sites excluding steroid dienone is 2. The number of nitrogens with one attached hydrogen (secondary N) is 1. The summed E-state index contributed by atoms with van der Waals surface area (Å²) in [4.78, 5) is 11.5. The highest BCUT2D eigenvalue weighted by atomic mass is 16.4. The Morgan fingerprint density at radius 1 is 1.25 bits per heavy atom. The molecule has 10 nitrogen and oxygen atoms in total. The number of nitriles is 3. The summed E-state index contributed by atoms with van der Waals surface area (Å²) in [6.07, 6.45) is 0. The Kier molecular flexibility index (Phi) is 4.82. The molecule has 10 heteroatoms. The normalized spacial score (nSPS) is 9.21. The van der Waals surface area contributed by atoms with Crippen LogP contribution in [0.1, 0.15) is 0 Å². The third kappa shape index (κ3) is 3.70. The van der Waals surface area contributed by atoms with Gasteiger partial charge in [-0.3, -0.25) is 4.79 Å². The Morgan fingerprint density at radius 2 is 2.00 bits per heavy atom. The van der Waals surface area contributed by atoms with Crippen LogP contribution in [0.4, 0.5) is 5.69 Å². The second-order valence-electron chi connectivity index (χ2n) is 4.33. The van der Waals surface area contributed by atoms with Crippen molar-refractivity contribution in [1.29, 1.82) is 15.8 Å². The van der Waals surface area contributed by atoms with Crippen LogP contribution in [0.25, 0.3) is 11.4 Å². The summed E-state index contributed by atoms with van der Waals surface area (Å²) in [6.45, 7) is -0.417. The molecule has 1 heterocycles. The number of aliphatic carboxylic acids is 1. The highest BCUT2D eigenvalue weighted by Gasteiger charge is 2.10. The van der Waals surface area contributed by atoms with E-state index in [1.807, 2.05) is 0 Å². The fourth-order valence-corrected chi connectivity index (χ4v) is 1.71. The minimum Gasteiger partial charge on any atom is -0.480 e. The first kappa shape index (κ1) is 16.1. The van der Waals surface area contributed by atoms with Crippen molar-refractivity contribution in [2.75, 3.05) is 5.32 Å². The molecule has 0 saturated heterocycles. The zero-order valence-corrected chi connectivity index (χ0v) is 12.0. The molecule has 24 heavy (non-hydrogen) atoms. The summed E-state index contributed by atoms with van der Waals surface area (Å²) < 4.78 is 0. The largest absolute Gasteiger partial charge is 0.480 e. The quantitative estimate of drug-likeness (QED) is 0.752. The van der Waals surface area contributed by atoms with Crippen LogP contribution in [-0.2, 0) is 11.3 Å². The van der Waals surface area contributed by atoms with Crippen molar-refractivity contribution in [2.24, 2.45) is 0 Å². The smallest absolute Gasteiger partial charge is 0.327 e. The summed E-state index contributed by atoms with van der Waals surface area (Å²) >= 11 is 0. The maximum absolute atomic E-state index is 10.6. The van der Waals surface area contributed by atoms with Gasteiger partial charge in [-0.1, -0.05) is 12.1 Å². The standard InChI is InChI=1S/C14H8N8O2/c15-5-10(6-16)12(7-17)18-11-3-1-2-9(4-11)14-19-21-22(20-14)8-13(23)24/h1-4,18H,8H2,(H,23,24). The van der Waals surface area contributed by atoms with Crippen LogP contribution in [0.5, 0.6) is 0 Å². The van der Waals surface area contributed by atoms with Crippen LogP contribution >= 0.6 is 0 Å². The molecule has 0 aliphatic rings. The first-order chi connectivity index (χ1) is 11.6. The van der Waals surface area contributed by atoms with Crippen molar-refractivity contribution in [3.8, 4) is 29.6 Å². The van der Waals surface area contributed by atoms with Crippen LogP contribution in [0, 0.1) is 34.0 Å². The monoisotopic (exact) mass is 320 g/mol. The van der Waals surface area contributed by atoms with Crippen LogP contribution in [-0.4, -0.2) is 31.3 Å². The molecule has 0 fully saturated rings. The first-order valence-electron chi connectivity index (χ1n) is 6.39. The van der Waals surface area contributed by atoms with E-state index in [9.17, 15) is 4.79 Å². The van der Waals surface area contributed by atoms with E-state index in [-0.39, 0.29) is 17.1 Å². The summed E-state index contributed by atoms with van der Waals surface area (Å²) in [5, 5.41) is 49.3. The number of aromatic nitrogens is 4. The summed E-state index contributed by atoms with van der Waals surface area (Å²) in [5.41, 5.74) is 0.430. The third-order valence-corrected chi connectivity index (χ3v) is 2.71. The van der Waals surface area contributed by atoms with Crippen LogP contribution in [0.2, 0.25) is 0 Å². The molecule has 0 aliphatic carbocycles. The molecule has 0 atom stereocenters. The van der Waals surface area contributed by atoms with Gasteiger partial charge in [-0.15, -0.1) is 10.2 Å². The number of anilines is 1. The van der Waals surface area contributed by atoms with Crippen molar-refractivity contribution in [1.82, 2.24) is 20.2 Å². The average Bonchev–Trinajstić information content (AvgIpc) is 3.03. The predicted molar refractivity (Wildman–Crippen MR) is 78.4 cm³/mol. The lowest BCUT2D eigenvalue weighted by molar-refractivity contribution is -0.138. The van der Waals surface area contributed by atoms with Crippen molar-refractivity contribution in [2.45, 2.75) is 6.54 Å². The molecule has 0 amide bonds. The Morgan fingerprint density at radius 3 is 2.62 bits per heavy atom. The number of carbonyl (C=O) groups is 1. The van der Waals surface area contributed by atoms with E-state index in [1.54, 1.807) is 42.5 Å². The molecular formula is C14H8N8O2. The second-order valence-corrected chi connectivity index (χ2v) is 4.33. The molecule has 0 aliphatic heterocycles. The maximum atomic E-state index is 10.6. The summed E-state index contributed by atoms with van der Waals surface area (Å²) in [7, 11) is 0. The molecule has 2 rings (SSSR count). The molecule has 2 N–H and O–H groups in total. The van der Waals surface area contributed by atoms with E-state index in [2.05, 4.69) is 20.7 Å². The van der Waals surface area contributed by atoms with Crippen LogP contribution < -0.4 is 5.32 Å². The van der Waals surface area contributed by atoms with Crippen molar-refractivity contribution < 1.29 is 9.90 Å². The van der Waals surface area contributed by atoms with E-state index in [4.69, 9.17) is 20.9 Å². The zero-order valence-electron chi connectivity index (χ0n) is 12.0. The van der Waals surface area contributed by atoms with Crippen molar-refractivity contribution >= 4 is 11.7 Å². The van der Waals surface area contributed by atoms with Crippen LogP contribution in [0.15, 0.2) is 35.5 Å². The zero-order chi connectivity index (χ0) is 17.5. The highest BCUT2D eigenvalue weighted by Crippen LogP contribution is 2.20. The molecule has 0 saturated carbocycles. The minimum atomic E-state index is -1.10. The molecule has 1 aromatic heterocycles. The lowest BCUT2D eigenvalue weighted by Crippen LogP contribution is -2.11. The number of carboxylic acid groups (broad SMARTS) is 1. The van der Waals surface area contributed by atoms with E-state index >= 15 is 0 Å². The van der Waals surface area contributed by atoms with Crippen LogP contribution in [0.3, 0.4) is 0 Å². The summed E-state index contributed by atoms with van der Waals surface area (Å²) in [6, 6.07) is 11.5. The number of nitrogens with zero attached hydrogens (tertiary/aromatic N) is 7. The molecule has 0 bridgehead atoms. The number of rotatable bonds is 5. The van der Waals surface area contributed by atoms with Gasteiger partial charge in [0, 0.05) is 11.3 Å². The lowest BCUT2D eigenvalue weighted by atomic mass is 10.1. The predicted octanol–water partition coefficient (Wildman–Crippen LogP) is 0.661. The molecule has 0 unspecified atom stereocenters. The Bertz CT molecular complexity index is 923. The second kappa shape index (κ2) is 7.16. The average molecular weight is 320 g/mol. The fraction of sp³-hybridized carbons (Fsp3) is 0.0714. The van der Waals surface area contributed by atoms with Gasteiger partial charge in [-0.05, 0) is 17.3 Å². The number of carboxylic acids is 1. The van der Waals surface area contributed by atoms with E-state index in [0.29, 0.717) is 11.3 Å². The van der Waals surface area contributed by atoms with Gasteiger partial charge < -0.3 is 10.4 Å². The van der Waals surface area contributed by atoms with Gasteiger partial charge in [0.2, 0.25) is 5.82 Å². The maximum Gasteiger partial charge on any atom is 0.327 e. The summed E-state index contributed by atoms with van der Waals surface area (Å²) in [5.74, 6) is -0.901. The highest BCUT2D eigenvalue weighted by molar-refractivity contribution is 5.67. The van der Waals surface area contributed by atoms with E-state index in [0.717, 1.165) is 4.80 Å². The van der Waals surface area contributed by atoms with Gasteiger partial charge in [0.05, 0.1) is 0 Å². The van der Waals surface area contributed by atoms with E-state index < -0.39 is 12.5 Å². The Hall–Kier alpha value is -4.23. The van der Waals surface area contributed by atoms with Gasteiger partial charge in [0.1, 0.15) is 23.9 Å². The minimum absolute atomic E-state index is 0.181. The third-order valence-electron chi connectivity index (χ3n) is 2.71. The van der Waals surface area contributed by atoms with Gasteiger partial charge in [0.15, 0.2) is 12.1 Å². The number of benzene rings is 1. The SMILES string of the molecule is N#CC(C#N)=C(C#N)Nc1cccc(-c2nnn(CC(=O)O)n2)c1. The number of hydrogen-bond donors (Lipinski definition) is 2. The number of tetrazole rings is 1. The fourth-order valence-electron chi connectivity index (χ4n) is 1.71. The Balaban J connectivity index is 2.30. The molecule has 0 spiro atoms. The van der Waals surface area contributed by atoms with Gasteiger partial charge in [-0.2, -0.15) is 20.6 Å². The molecule has 1 aromatic carbocycles. The van der Waals surface area contributed by atoms with Crippen molar-refractivity contribution in [3.05, 3.63) is 35.5 Å². The molecule has 116 valence electrons.